The van der Waals surface area contributed by atoms with Crippen LogP contribution in [0.25, 0.3) is 0 Å². The standard InChI is InChI=1S/C12H16N4O3/c1-6-4-9(14-5-8(6)16(17)18)15-11-10(13)7-2-3-19-12(7)11/h4-5,7,10-12H,2-3,13H2,1H3,(H,14,15). The Hall–Kier alpha value is -1.73. The fraction of sp³-hybridized carbons (Fsp3) is 0.583. The zero-order valence-corrected chi connectivity index (χ0v) is 10.6. The molecule has 7 heteroatoms. The van der Waals surface area contributed by atoms with Crippen molar-refractivity contribution in [2.24, 2.45) is 11.7 Å². The van der Waals surface area contributed by atoms with Gasteiger partial charge in [0.05, 0.1) is 17.1 Å². The van der Waals surface area contributed by atoms with Gasteiger partial charge >= 0.3 is 0 Å². The van der Waals surface area contributed by atoms with Gasteiger partial charge < -0.3 is 15.8 Å². The number of ether oxygens (including phenoxy) is 1. The van der Waals surface area contributed by atoms with E-state index in [0.717, 1.165) is 13.0 Å². The molecule has 1 aromatic heterocycles. The fourth-order valence-electron chi connectivity index (χ4n) is 2.92. The Balaban J connectivity index is 1.74. The van der Waals surface area contributed by atoms with Crippen molar-refractivity contribution >= 4 is 11.5 Å². The molecule has 3 rings (SSSR count). The number of nitrogens with zero attached hydrogens (tertiary/aromatic N) is 2. The van der Waals surface area contributed by atoms with E-state index in [1.54, 1.807) is 13.0 Å². The third-order valence-corrected chi connectivity index (χ3v) is 4.04. The molecule has 1 aromatic rings. The number of anilines is 1. The molecule has 1 saturated heterocycles. The molecular weight excluding hydrogens is 248 g/mol. The van der Waals surface area contributed by atoms with Crippen LogP contribution >= 0.6 is 0 Å². The highest BCUT2D eigenvalue weighted by molar-refractivity contribution is 5.48. The number of aromatic nitrogens is 1. The summed E-state index contributed by atoms with van der Waals surface area (Å²) in [6, 6.07) is 1.78. The Bertz CT molecular complexity index is 522. The van der Waals surface area contributed by atoms with Gasteiger partial charge in [0.25, 0.3) is 5.69 Å². The average Bonchev–Trinajstić information content (AvgIpc) is 2.80. The minimum Gasteiger partial charge on any atom is -0.376 e. The Morgan fingerprint density at radius 2 is 2.42 bits per heavy atom. The van der Waals surface area contributed by atoms with Crippen LogP contribution in [0.2, 0.25) is 0 Å². The molecule has 4 unspecified atom stereocenters. The summed E-state index contributed by atoms with van der Waals surface area (Å²) in [5.74, 6) is 1.04. The lowest BCUT2D eigenvalue weighted by Gasteiger charge is -2.45. The summed E-state index contributed by atoms with van der Waals surface area (Å²) in [5.41, 5.74) is 6.70. The molecule has 2 aliphatic rings. The maximum atomic E-state index is 10.7. The molecule has 1 aliphatic heterocycles. The largest absolute Gasteiger partial charge is 0.376 e. The highest BCUT2D eigenvalue weighted by Crippen LogP contribution is 2.39. The van der Waals surface area contributed by atoms with Crippen LogP contribution in [0, 0.1) is 23.0 Å². The van der Waals surface area contributed by atoms with Crippen LogP contribution < -0.4 is 11.1 Å². The van der Waals surface area contributed by atoms with Gasteiger partial charge in [0.15, 0.2) is 0 Å². The smallest absolute Gasteiger partial charge is 0.290 e. The second-order valence-electron chi connectivity index (χ2n) is 5.15. The van der Waals surface area contributed by atoms with E-state index in [9.17, 15) is 10.1 Å². The number of fused-ring (bicyclic) bond motifs is 1. The first-order valence-corrected chi connectivity index (χ1v) is 6.32. The summed E-state index contributed by atoms with van der Waals surface area (Å²) >= 11 is 0. The van der Waals surface area contributed by atoms with Crippen LogP contribution in [-0.4, -0.2) is 34.7 Å². The van der Waals surface area contributed by atoms with Crippen LogP contribution in [0.3, 0.4) is 0 Å². The molecule has 3 N–H and O–H groups in total. The van der Waals surface area contributed by atoms with Gasteiger partial charge in [-0.05, 0) is 19.4 Å². The van der Waals surface area contributed by atoms with Crippen molar-refractivity contribution in [2.45, 2.75) is 31.5 Å². The van der Waals surface area contributed by atoms with Crippen molar-refractivity contribution in [3.05, 3.63) is 27.9 Å². The molecule has 102 valence electrons. The highest BCUT2D eigenvalue weighted by atomic mass is 16.6. The first-order valence-electron chi connectivity index (χ1n) is 6.32. The minimum absolute atomic E-state index is 0.0263. The van der Waals surface area contributed by atoms with Crippen LogP contribution in [0.1, 0.15) is 12.0 Å². The van der Waals surface area contributed by atoms with Gasteiger partial charge in [-0.25, -0.2) is 4.98 Å². The Morgan fingerprint density at radius 1 is 1.63 bits per heavy atom. The number of nitrogens with two attached hydrogens (primary N) is 1. The summed E-state index contributed by atoms with van der Waals surface area (Å²) in [5, 5.41) is 14.0. The van der Waals surface area contributed by atoms with Crippen LogP contribution in [-0.2, 0) is 4.74 Å². The Kier molecular flexibility index (Phi) is 2.87. The lowest BCUT2D eigenvalue weighted by atomic mass is 9.72. The number of hydrogen-bond donors (Lipinski definition) is 2. The van der Waals surface area contributed by atoms with Crippen molar-refractivity contribution in [1.82, 2.24) is 4.98 Å². The molecule has 2 heterocycles. The number of hydrogen-bond acceptors (Lipinski definition) is 6. The van der Waals surface area contributed by atoms with E-state index < -0.39 is 4.92 Å². The normalized spacial score (nSPS) is 32.5. The third-order valence-electron chi connectivity index (χ3n) is 4.04. The molecule has 19 heavy (non-hydrogen) atoms. The van der Waals surface area contributed by atoms with E-state index in [4.69, 9.17) is 10.5 Å². The maximum Gasteiger partial charge on any atom is 0.290 e. The van der Waals surface area contributed by atoms with Gasteiger partial charge in [-0.3, -0.25) is 10.1 Å². The van der Waals surface area contributed by atoms with E-state index in [0.29, 0.717) is 17.3 Å². The van der Waals surface area contributed by atoms with Gasteiger partial charge in [0, 0.05) is 24.1 Å². The lowest BCUT2D eigenvalue weighted by Crippen LogP contribution is -2.65. The minimum atomic E-state index is -0.433. The average molecular weight is 264 g/mol. The topological polar surface area (TPSA) is 103 Å². The maximum absolute atomic E-state index is 10.7. The van der Waals surface area contributed by atoms with Crippen molar-refractivity contribution in [3.8, 4) is 0 Å². The fourth-order valence-corrected chi connectivity index (χ4v) is 2.92. The van der Waals surface area contributed by atoms with Gasteiger partial charge in [-0.1, -0.05) is 0 Å². The number of rotatable bonds is 3. The van der Waals surface area contributed by atoms with E-state index in [1.807, 2.05) is 0 Å². The number of pyridine rings is 1. The summed E-state index contributed by atoms with van der Waals surface area (Å²) < 4.78 is 5.62. The van der Waals surface area contributed by atoms with Gasteiger partial charge in [-0.2, -0.15) is 0 Å². The molecular formula is C12H16N4O3. The van der Waals surface area contributed by atoms with Crippen molar-refractivity contribution < 1.29 is 9.66 Å². The first kappa shape index (κ1) is 12.3. The van der Waals surface area contributed by atoms with Crippen molar-refractivity contribution in [2.75, 3.05) is 11.9 Å². The summed E-state index contributed by atoms with van der Waals surface area (Å²) in [6.07, 6.45) is 2.43. The number of nitro groups is 1. The van der Waals surface area contributed by atoms with E-state index in [1.165, 1.54) is 6.20 Å². The molecule has 0 amide bonds. The van der Waals surface area contributed by atoms with Gasteiger partial charge in [0.2, 0.25) is 0 Å². The molecule has 0 aromatic carbocycles. The summed E-state index contributed by atoms with van der Waals surface area (Å²) in [7, 11) is 0. The molecule has 7 nitrogen and oxygen atoms in total. The third kappa shape index (κ3) is 1.95. The van der Waals surface area contributed by atoms with Gasteiger partial charge in [-0.15, -0.1) is 0 Å². The van der Waals surface area contributed by atoms with E-state index >= 15 is 0 Å². The predicted octanol–water partition coefficient (Wildman–Crippen LogP) is 0.825. The lowest BCUT2D eigenvalue weighted by molar-refractivity contribution is -0.385. The number of aryl methyl sites for hydroxylation is 1. The zero-order chi connectivity index (χ0) is 13.6. The van der Waals surface area contributed by atoms with Crippen LogP contribution in [0.4, 0.5) is 11.5 Å². The summed E-state index contributed by atoms with van der Waals surface area (Å²) in [4.78, 5) is 14.4. The molecule has 4 atom stereocenters. The van der Waals surface area contributed by atoms with Crippen LogP contribution in [0.5, 0.6) is 0 Å². The van der Waals surface area contributed by atoms with E-state index in [2.05, 4.69) is 10.3 Å². The van der Waals surface area contributed by atoms with Gasteiger partial charge in [0.1, 0.15) is 12.0 Å². The zero-order valence-electron chi connectivity index (χ0n) is 10.6. The quantitative estimate of drug-likeness (QED) is 0.619. The SMILES string of the molecule is Cc1cc(NC2C(N)C3CCOC32)ncc1[N+](=O)[O-]. The molecule has 1 aliphatic carbocycles. The predicted molar refractivity (Wildman–Crippen MR) is 68.9 cm³/mol. The second kappa shape index (κ2) is 4.43. The molecule has 2 fully saturated rings. The first-order chi connectivity index (χ1) is 9.08. The van der Waals surface area contributed by atoms with Crippen molar-refractivity contribution in [1.29, 1.82) is 0 Å². The highest BCUT2D eigenvalue weighted by Gasteiger charge is 2.52. The summed E-state index contributed by atoms with van der Waals surface area (Å²) in [6.45, 7) is 2.45. The molecule has 0 spiro atoms. The van der Waals surface area contributed by atoms with Crippen molar-refractivity contribution in [3.63, 3.8) is 0 Å². The van der Waals surface area contributed by atoms with Crippen LogP contribution in [0.15, 0.2) is 12.3 Å². The molecule has 0 bridgehead atoms. The molecule has 1 saturated carbocycles. The second-order valence-corrected chi connectivity index (χ2v) is 5.15. The number of nitrogens with one attached hydrogen (secondary N) is 1. The molecule has 0 radical (unpaired) electrons. The van der Waals surface area contributed by atoms with E-state index in [-0.39, 0.29) is 23.9 Å². The Labute approximate surface area is 110 Å². The Morgan fingerprint density at radius 3 is 3.11 bits per heavy atom. The monoisotopic (exact) mass is 264 g/mol.